The lowest BCUT2D eigenvalue weighted by atomic mass is 9.99. The van der Waals surface area contributed by atoms with Gasteiger partial charge in [-0.1, -0.05) is 12.1 Å². The van der Waals surface area contributed by atoms with Gasteiger partial charge in [-0.2, -0.15) is 0 Å². The van der Waals surface area contributed by atoms with E-state index >= 15 is 0 Å². The molecule has 33 heavy (non-hydrogen) atoms. The zero-order chi connectivity index (χ0) is 23.5. The van der Waals surface area contributed by atoms with Crippen LogP contribution in [0.15, 0.2) is 48.0 Å². The minimum atomic E-state index is -0.840. The summed E-state index contributed by atoms with van der Waals surface area (Å²) in [7, 11) is 0. The van der Waals surface area contributed by atoms with Crippen LogP contribution in [0.4, 0.5) is 14.5 Å². The highest BCUT2D eigenvalue weighted by molar-refractivity contribution is 7.09. The van der Waals surface area contributed by atoms with Crippen molar-refractivity contribution in [2.24, 2.45) is 0 Å². The number of rotatable bonds is 6. The van der Waals surface area contributed by atoms with Crippen molar-refractivity contribution in [3.8, 4) is 0 Å². The molecule has 2 heterocycles. The molecule has 1 aliphatic rings. The zero-order valence-corrected chi connectivity index (χ0v) is 18.4. The molecule has 0 bridgehead atoms. The molecule has 1 saturated heterocycles. The number of thiazole rings is 1. The number of aliphatic hydroxyl groups is 1. The van der Waals surface area contributed by atoms with Crippen LogP contribution in [0.1, 0.15) is 32.6 Å². The van der Waals surface area contributed by atoms with E-state index in [0.29, 0.717) is 23.9 Å². The monoisotopic (exact) mass is 473 g/mol. The van der Waals surface area contributed by atoms with E-state index < -0.39 is 29.7 Å². The van der Waals surface area contributed by atoms with Crippen molar-refractivity contribution in [1.82, 2.24) is 9.88 Å². The van der Waals surface area contributed by atoms with Gasteiger partial charge in [0.25, 0.3) is 5.91 Å². The minimum absolute atomic E-state index is 0.122. The van der Waals surface area contributed by atoms with Crippen LogP contribution in [0.3, 0.4) is 0 Å². The number of amides is 2. The molecule has 2 aromatic carbocycles. The van der Waals surface area contributed by atoms with E-state index in [-0.39, 0.29) is 24.7 Å². The Hall–Kier alpha value is -3.21. The van der Waals surface area contributed by atoms with Gasteiger partial charge in [-0.05, 0) is 36.8 Å². The van der Waals surface area contributed by atoms with Crippen molar-refractivity contribution in [3.05, 3.63) is 81.3 Å². The Morgan fingerprint density at radius 2 is 1.94 bits per heavy atom. The maximum absolute atomic E-state index is 13.4. The molecule has 0 spiro atoms. The van der Waals surface area contributed by atoms with Gasteiger partial charge in [0.2, 0.25) is 5.91 Å². The highest BCUT2D eigenvalue weighted by Gasteiger charge is 2.37. The van der Waals surface area contributed by atoms with Crippen molar-refractivity contribution in [2.75, 3.05) is 18.5 Å². The first-order valence-corrected chi connectivity index (χ1v) is 11.0. The molecule has 1 fully saturated rings. The van der Waals surface area contributed by atoms with E-state index in [1.165, 1.54) is 11.3 Å². The normalized spacial score (nSPS) is 18.4. The average Bonchev–Trinajstić information content (AvgIpc) is 3.19. The summed E-state index contributed by atoms with van der Waals surface area (Å²) < 4.78 is 32.5. The van der Waals surface area contributed by atoms with Gasteiger partial charge in [-0.25, -0.2) is 13.8 Å². The van der Waals surface area contributed by atoms with Crippen LogP contribution in [0, 0.1) is 18.6 Å². The maximum atomic E-state index is 13.4. The van der Waals surface area contributed by atoms with Crippen molar-refractivity contribution < 1.29 is 28.2 Å². The number of benzene rings is 2. The summed E-state index contributed by atoms with van der Waals surface area (Å²) in [5.74, 6) is -2.55. The minimum Gasteiger partial charge on any atom is -0.394 e. The number of aliphatic hydroxyl groups excluding tert-OH is 1. The molecule has 2 atom stereocenters. The van der Waals surface area contributed by atoms with E-state index in [1.54, 1.807) is 34.7 Å². The number of morpholine rings is 1. The Morgan fingerprint density at radius 3 is 2.55 bits per heavy atom. The molecule has 0 aliphatic carbocycles. The number of nitrogens with zero attached hydrogens (tertiary/aromatic N) is 2. The summed E-state index contributed by atoms with van der Waals surface area (Å²) in [6.45, 7) is 1.78. The molecule has 10 heteroatoms. The number of hydrogen-bond acceptors (Lipinski definition) is 6. The summed E-state index contributed by atoms with van der Waals surface area (Å²) in [6, 6.07) is 8.66. The third kappa shape index (κ3) is 5.08. The smallest absolute Gasteiger partial charge is 0.255 e. The van der Waals surface area contributed by atoms with Crippen LogP contribution in [-0.2, 0) is 16.1 Å². The van der Waals surface area contributed by atoms with Crippen molar-refractivity contribution in [1.29, 1.82) is 0 Å². The first kappa shape index (κ1) is 23.0. The molecule has 172 valence electrons. The molecular weight excluding hydrogens is 452 g/mol. The van der Waals surface area contributed by atoms with Crippen LogP contribution in [0.2, 0.25) is 0 Å². The van der Waals surface area contributed by atoms with E-state index in [9.17, 15) is 23.5 Å². The number of carbonyl (C=O) groups is 2. The molecule has 1 aliphatic heterocycles. The highest BCUT2D eigenvalue weighted by Crippen LogP contribution is 2.31. The molecule has 3 aromatic rings. The Labute approximate surface area is 192 Å². The fourth-order valence-electron chi connectivity index (χ4n) is 3.70. The SMILES string of the molecule is Cc1ncsc1CN1C(=O)CO[C@H](c2ccc(NC(=O)c3cc(F)cc(F)c3)cc2)[C@H]1CO. The maximum Gasteiger partial charge on any atom is 0.255 e. The highest BCUT2D eigenvalue weighted by atomic mass is 32.1. The van der Waals surface area contributed by atoms with Gasteiger partial charge in [0.05, 0.1) is 30.4 Å². The molecular formula is C23H21F2N3O4S. The van der Waals surface area contributed by atoms with Gasteiger partial charge in [-0.3, -0.25) is 9.59 Å². The Kier molecular flexibility index (Phi) is 6.77. The topological polar surface area (TPSA) is 91.8 Å². The molecule has 2 N–H and O–H groups in total. The van der Waals surface area contributed by atoms with Crippen LogP contribution >= 0.6 is 11.3 Å². The lowest BCUT2D eigenvalue weighted by Gasteiger charge is -2.40. The Morgan fingerprint density at radius 1 is 1.24 bits per heavy atom. The zero-order valence-electron chi connectivity index (χ0n) is 17.6. The van der Waals surface area contributed by atoms with Crippen molar-refractivity contribution >= 4 is 28.8 Å². The number of halogens is 2. The lowest BCUT2D eigenvalue weighted by molar-refractivity contribution is -0.161. The Balaban J connectivity index is 1.49. The quantitative estimate of drug-likeness (QED) is 0.572. The van der Waals surface area contributed by atoms with Gasteiger partial charge < -0.3 is 20.1 Å². The summed E-state index contributed by atoms with van der Waals surface area (Å²) >= 11 is 1.45. The molecule has 2 amide bonds. The van der Waals surface area contributed by atoms with Crippen molar-refractivity contribution in [3.63, 3.8) is 0 Å². The molecule has 4 rings (SSSR count). The summed E-state index contributed by atoms with van der Waals surface area (Å²) in [4.78, 5) is 31.6. The van der Waals surface area contributed by atoms with Crippen LogP contribution in [0.5, 0.6) is 0 Å². The second-order valence-corrected chi connectivity index (χ2v) is 8.54. The molecule has 0 saturated carbocycles. The van der Waals surface area contributed by atoms with E-state index in [2.05, 4.69) is 10.3 Å². The standard InChI is InChI=1S/C23H21F2N3O4S/c1-13-20(33-12-26-13)9-28-19(10-29)22(32-11-21(28)30)14-2-4-18(5-3-14)27-23(31)15-6-16(24)8-17(25)7-15/h2-8,12,19,22,29H,9-11H2,1H3,(H,27,31)/t19-,22-/m1/s1. The second kappa shape index (κ2) is 9.74. The van der Waals surface area contributed by atoms with Gasteiger partial charge in [0.15, 0.2) is 0 Å². The second-order valence-electron chi connectivity index (χ2n) is 7.60. The predicted molar refractivity (Wildman–Crippen MR) is 118 cm³/mol. The summed E-state index contributed by atoms with van der Waals surface area (Å²) in [5, 5.41) is 12.6. The van der Waals surface area contributed by atoms with Gasteiger partial charge in [0, 0.05) is 22.2 Å². The molecule has 0 radical (unpaired) electrons. The number of aromatic nitrogens is 1. The largest absolute Gasteiger partial charge is 0.394 e. The first-order valence-electron chi connectivity index (χ1n) is 10.1. The third-order valence-corrected chi connectivity index (χ3v) is 6.34. The predicted octanol–water partition coefficient (Wildman–Crippen LogP) is 3.44. The van der Waals surface area contributed by atoms with Crippen molar-refractivity contribution in [2.45, 2.75) is 25.6 Å². The Bertz CT molecular complexity index is 1150. The van der Waals surface area contributed by atoms with Crippen LogP contribution < -0.4 is 5.32 Å². The number of ether oxygens (including phenoxy) is 1. The van der Waals surface area contributed by atoms with E-state index in [1.807, 2.05) is 6.92 Å². The van der Waals surface area contributed by atoms with Gasteiger partial charge >= 0.3 is 0 Å². The summed E-state index contributed by atoms with van der Waals surface area (Å²) in [6.07, 6.45) is -0.567. The lowest BCUT2D eigenvalue weighted by Crippen LogP contribution is -2.52. The third-order valence-electron chi connectivity index (χ3n) is 5.42. The number of hydrogen-bond donors (Lipinski definition) is 2. The fourth-order valence-corrected chi connectivity index (χ4v) is 4.47. The molecule has 7 nitrogen and oxygen atoms in total. The van der Waals surface area contributed by atoms with Crippen LogP contribution in [0.25, 0.3) is 0 Å². The van der Waals surface area contributed by atoms with Gasteiger partial charge in [0.1, 0.15) is 24.3 Å². The number of anilines is 1. The number of nitrogens with one attached hydrogen (secondary N) is 1. The van der Waals surface area contributed by atoms with E-state index in [0.717, 1.165) is 22.7 Å². The fraction of sp³-hybridized carbons (Fsp3) is 0.261. The number of aryl methyl sites for hydroxylation is 1. The van der Waals surface area contributed by atoms with E-state index in [4.69, 9.17) is 4.74 Å². The van der Waals surface area contributed by atoms with Gasteiger partial charge in [-0.15, -0.1) is 11.3 Å². The van der Waals surface area contributed by atoms with Crippen LogP contribution in [-0.4, -0.2) is 46.1 Å². The first-order chi connectivity index (χ1) is 15.9. The average molecular weight is 474 g/mol. The number of carbonyl (C=O) groups excluding carboxylic acids is 2. The molecule has 1 aromatic heterocycles. The summed E-state index contributed by atoms with van der Waals surface area (Å²) in [5.41, 5.74) is 3.54. The molecule has 0 unspecified atom stereocenters.